The van der Waals surface area contributed by atoms with Crippen LogP contribution in [0.5, 0.6) is 0 Å². The van der Waals surface area contributed by atoms with Gasteiger partial charge < -0.3 is 14.9 Å². The molecule has 162 valence electrons. The van der Waals surface area contributed by atoms with Crippen LogP contribution in [-0.4, -0.2) is 40.4 Å². The average Bonchev–Trinajstić information content (AvgIpc) is 2.60. The van der Waals surface area contributed by atoms with Gasteiger partial charge in [-0.2, -0.15) is 0 Å². The van der Waals surface area contributed by atoms with Crippen molar-refractivity contribution in [2.75, 3.05) is 6.61 Å². The van der Waals surface area contributed by atoms with Crippen LogP contribution >= 0.6 is 0 Å². The van der Waals surface area contributed by atoms with Crippen molar-refractivity contribution in [3.63, 3.8) is 0 Å². The van der Waals surface area contributed by atoms with Crippen LogP contribution < -0.4 is 0 Å². The number of carbonyl (C=O) groups excluding carboxylic acids is 1. The van der Waals surface area contributed by atoms with Gasteiger partial charge in [-0.25, -0.2) is 0 Å². The topological polar surface area (TPSA) is 66.8 Å². The van der Waals surface area contributed by atoms with E-state index in [-0.39, 0.29) is 53.2 Å². The number of rotatable bonds is 2. The molecule has 0 aromatic carbocycles. The number of fused-ring (bicyclic) bond motifs is 2. The Labute approximate surface area is 175 Å². The first kappa shape index (κ1) is 21.3. The zero-order chi connectivity index (χ0) is 21.2. The van der Waals surface area contributed by atoms with Crippen molar-refractivity contribution in [3.05, 3.63) is 23.8 Å². The average molecular weight is 403 g/mol. The van der Waals surface area contributed by atoms with Crippen LogP contribution in [0.3, 0.4) is 0 Å². The molecule has 4 aliphatic rings. The Morgan fingerprint density at radius 3 is 2.62 bits per heavy atom. The monoisotopic (exact) mass is 402 g/mol. The summed E-state index contributed by atoms with van der Waals surface area (Å²) in [7, 11) is 0. The highest BCUT2D eigenvalue weighted by Gasteiger charge is 2.60. The highest BCUT2D eigenvalue weighted by molar-refractivity contribution is 5.96. The predicted molar refractivity (Wildman–Crippen MR) is 113 cm³/mol. The molecule has 4 rings (SSSR count). The van der Waals surface area contributed by atoms with Crippen molar-refractivity contribution in [2.45, 2.75) is 84.5 Å². The van der Waals surface area contributed by atoms with E-state index in [0.29, 0.717) is 18.8 Å². The fraction of sp³-hybridized carbons (Fsp3) is 0.800. The van der Waals surface area contributed by atoms with Crippen LogP contribution in [0.4, 0.5) is 0 Å². The highest BCUT2D eigenvalue weighted by atomic mass is 16.5. The molecular formula is C25H38O4. The van der Waals surface area contributed by atoms with Gasteiger partial charge in [0.2, 0.25) is 0 Å². The molecule has 0 amide bonds. The second-order valence-corrected chi connectivity index (χ2v) is 11.3. The van der Waals surface area contributed by atoms with Gasteiger partial charge in [-0.3, -0.25) is 4.79 Å². The Bertz CT molecular complexity index is 733. The van der Waals surface area contributed by atoms with E-state index >= 15 is 0 Å². The molecule has 1 saturated heterocycles. The van der Waals surface area contributed by atoms with E-state index in [4.69, 9.17) is 4.74 Å². The number of hydrogen-bond donors (Lipinski definition) is 2. The first-order valence-electron chi connectivity index (χ1n) is 11.4. The number of Topliss-reactive ketones (excluding diaryl/α,β-unsaturated/α-hetero) is 1. The summed E-state index contributed by atoms with van der Waals surface area (Å²) in [5, 5.41) is 21.7. The zero-order valence-electron chi connectivity index (χ0n) is 18.6. The zero-order valence-corrected chi connectivity index (χ0v) is 18.6. The van der Waals surface area contributed by atoms with E-state index in [0.717, 1.165) is 18.4 Å². The third-order valence-electron chi connectivity index (χ3n) is 8.83. The molecule has 1 heterocycles. The van der Waals surface area contributed by atoms with Gasteiger partial charge in [0, 0.05) is 24.9 Å². The van der Waals surface area contributed by atoms with Gasteiger partial charge in [0.25, 0.3) is 0 Å². The molecule has 4 heteroatoms. The summed E-state index contributed by atoms with van der Waals surface area (Å²) in [6.07, 6.45) is 10.5. The van der Waals surface area contributed by atoms with Gasteiger partial charge in [-0.1, -0.05) is 39.3 Å². The Morgan fingerprint density at radius 1 is 1.21 bits per heavy atom. The summed E-state index contributed by atoms with van der Waals surface area (Å²) in [4.78, 5) is 12.3. The lowest BCUT2D eigenvalue weighted by atomic mass is 9.46. The molecule has 2 N–H and O–H groups in total. The van der Waals surface area contributed by atoms with Crippen molar-refractivity contribution in [3.8, 4) is 0 Å². The standard InChI is InChI=1S/C25H38O4/c1-15-11-19-17(13-18(15)27)16(14-26)12-20(29-19)22-24(4)9-6-8-23(2,3)21(24)7-10-25(22,5)28/h7,10-11,16-17,19-22,26,28H,6,8-9,12-14H2,1-5H3/t16?,17-,19-,20-,21+,22-,24+,25-/m1/s1. The third-order valence-corrected chi connectivity index (χ3v) is 8.83. The minimum absolute atomic E-state index is 0.0346. The summed E-state index contributed by atoms with van der Waals surface area (Å²) >= 11 is 0. The SMILES string of the molecule is CC1=C[C@H]2O[C@@H]([C@@H]3[C@@]4(C)CCCC(C)(C)[C@@H]4C=C[C@@]3(C)O)CC(CO)[C@H]2CC1=O. The van der Waals surface area contributed by atoms with Crippen molar-refractivity contribution in [1.29, 1.82) is 0 Å². The molecule has 1 unspecified atom stereocenters. The van der Waals surface area contributed by atoms with Crippen LogP contribution in [0, 0.1) is 34.5 Å². The summed E-state index contributed by atoms with van der Waals surface area (Å²) in [5.74, 6) is 0.606. The fourth-order valence-corrected chi connectivity index (χ4v) is 7.51. The second kappa shape index (κ2) is 7.03. The van der Waals surface area contributed by atoms with Gasteiger partial charge in [0.1, 0.15) is 0 Å². The normalized spacial score (nSPS) is 49.2. The molecule has 2 fully saturated rings. The molecule has 0 aromatic heterocycles. The molecule has 0 radical (unpaired) electrons. The number of ketones is 1. The van der Waals surface area contributed by atoms with Crippen molar-refractivity contribution in [2.24, 2.45) is 34.5 Å². The molecule has 29 heavy (non-hydrogen) atoms. The van der Waals surface area contributed by atoms with E-state index in [1.807, 2.05) is 26.0 Å². The van der Waals surface area contributed by atoms with Crippen molar-refractivity contribution in [1.82, 2.24) is 0 Å². The molecule has 0 aromatic rings. The van der Waals surface area contributed by atoms with Crippen LogP contribution in [0.1, 0.15) is 66.7 Å². The maximum absolute atomic E-state index is 12.3. The largest absolute Gasteiger partial charge is 0.396 e. The number of aliphatic hydroxyl groups excluding tert-OH is 1. The molecule has 1 aliphatic heterocycles. The number of carbonyl (C=O) groups is 1. The summed E-state index contributed by atoms with van der Waals surface area (Å²) < 4.78 is 6.67. The minimum atomic E-state index is -0.945. The van der Waals surface area contributed by atoms with Gasteiger partial charge >= 0.3 is 0 Å². The molecule has 1 saturated carbocycles. The van der Waals surface area contributed by atoms with Gasteiger partial charge in [-0.05, 0) is 67.4 Å². The van der Waals surface area contributed by atoms with E-state index in [9.17, 15) is 15.0 Å². The fourth-order valence-electron chi connectivity index (χ4n) is 7.51. The van der Waals surface area contributed by atoms with E-state index in [1.54, 1.807) is 0 Å². The molecule has 3 aliphatic carbocycles. The van der Waals surface area contributed by atoms with Gasteiger partial charge in [-0.15, -0.1) is 0 Å². The Hall–Kier alpha value is -0.970. The molecule has 0 bridgehead atoms. The Morgan fingerprint density at radius 2 is 1.93 bits per heavy atom. The third kappa shape index (κ3) is 3.36. The summed E-state index contributed by atoms with van der Waals surface area (Å²) in [6.45, 7) is 10.9. The Balaban J connectivity index is 1.72. The van der Waals surface area contributed by atoms with E-state index in [2.05, 4.69) is 26.8 Å². The molecule has 0 spiro atoms. The smallest absolute Gasteiger partial charge is 0.158 e. The van der Waals surface area contributed by atoms with Crippen LogP contribution in [0.2, 0.25) is 0 Å². The minimum Gasteiger partial charge on any atom is -0.396 e. The van der Waals surface area contributed by atoms with E-state index < -0.39 is 5.60 Å². The predicted octanol–water partition coefficient (Wildman–Crippen LogP) is 4.06. The number of allylic oxidation sites excluding steroid dienone is 2. The van der Waals surface area contributed by atoms with Gasteiger partial charge in [0.15, 0.2) is 5.78 Å². The lowest BCUT2D eigenvalue weighted by molar-refractivity contribution is -0.202. The van der Waals surface area contributed by atoms with Crippen molar-refractivity contribution < 1.29 is 19.7 Å². The van der Waals surface area contributed by atoms with Crippen LogP contribution in [0.25, 0.3) is 0 Å². The first-order chi connectivity index (χ1) is 13.5. The highest BCUT2D eigenvalue weighted by Crippen LogP contribution is 2.62. The molecule has 4 nitrogen and oxygen atoms in total. The maximum Gasteiger partial charge on any atom is 0.158 e. The number of hydrogen-bond acceptors (Lipinski definition) is 4. The Kier molecular flexibility index (Phi) is 5.16. The summed E-state index contributed by atoms with van der Waals surface area (Å²) in [6, 6.07) is 0. The molecule has 8 atom stereocenters. The van der Waals surface area contributed by atoms with Gasteiger partial charge in [0.05, 0.1) is 17.8 Å². The molecular weight excluding hydrogens is 364 g/mol. The second-order valence-electron chi connectivity index (χ2n) is 11.3. The lowest BCUT2D eigenvalue weighted by Crippen LogP contribution is -2.61. The lowest BCUT2D eigenvalue weighted by Gasteiger charge is -2.61. The van der Waals surface area contributed by atoms with Crippen LogP contribution in [0.15, 0.2) is 23.8 Å². The number of ether oxygens (including phenoxy) is 1. The maximum atomic E-state index is 12.3. The van der Waals surface area contributed by atoms with Crippen LogP contribution in [-0.2, 0) is 9.53 Å². The first-order valence-corrected chi connectivity index (χ1v) is 11.4. The number of aliphatic hydroxyl groups is 2. The quantitative estimate of drug-likeness (QED) is 0.684. The van der Waals surface area contributed by atoms with Crippen molar-refractivity contribution >= 4 is 5.78 Å². The van der Waals surface area contributed by atoms with E-state index in [1.165, 1.54) is 6.42 Å². The summed E-state index contributed by atoms with van der Waals surface area (Å²) in [5.41, 5.74) is -0.0403.